The molecule has 1 heterocycles. The summed E-state index contributed by atoms with van der Waals surface area (Å²) in [6, 6.07) is 20.5. The van der Waals surface area contributed by atoms with E-state index < -0.39 is 17.8 Å². The quantitative estimate of drug-likeness (QED) is 0.301. The van der Waals surface area contributed by atoms with Crippen LogP contribution in [-0.4, -0.2) is 38.2 Å². The van der Waals surface area contributed by atoms with Gasteiger partial charge in [0.15, 0.2) is 11.5 Å². The second-order valence-electron chi connectivity index (χ2n) is 7.71. The predicted octanol–water partition coefficient (Wildman–Crippen LogP) is 4.13. The van der Waals surface area contributed by atoms with Crippen molar-refractivity contribution < 1.29 is 28.6 Å². The van der Waals surface area contributed by atoms with Crippen molar-refractivity contribution in [3.8, 4) is 17.2 Å². The standard InChI is InChI=1S/C27H24N2O6/c1-18-8-11-20(12-9-18)29-26(31)22(25(30)28-27(29)32)16-19-10-13-23(24(17-19)33-2)35-15-14-34-21-6-4-3-5-7-21/h3-13,16-17H,14-15H2,1-2H3,(H,28,30,32)/b22-16-. The van der Waals surface area contributed by atoms with E-state index >= 15 is 0 Å². The van der Waals surface area contributed by atoms with E-state index in [1.807, 2.05) is 37.3 Å². The zero-order valence-electron chi connectivity index (χ0n) is 19.3. The Bertz CT molecular complexity index is 1270. The zero-order chi connectivity index (χ0) is 24.8. The van der Waals surface area contributed by atoms with Gasteiger partial charge in [0.2, 0.25) is 0 Å². The van der Waals surface area contributed by atoms with Crippen molar-refractivity contribution >= 4 is 29.6 Å². The number of methoxy groups -OCH3 is 1. The zero-order valence-corrected chi connectivity index (χ0v) is 19.3. The van der Waals surface area contributed by atoms with E-state index in [2.05, 4.69) is 5.32 Å². The second kappa shape index (κ2) is 10.6. The minimum absolute atomic E-state index is 0.169. The molecule has 0 atom stereocenters. The Morgan fingerprint density at radius 1 is 0.857 bits per heavy atom. The van der Waals surface area contributed by atoms with Crippen LogP contribution < -0.4 is 24.4 Å². The largest absolute Gasteiger partial charge is 0.493 e. The molecular weight excluding hydrogens is 448 g/mol. The van der Waals surface area contributed by atoms with Gasteiger partial charge in [-0.1, -0.05) is 42.0 Å². The highest BCUT2D eigenvalue weighted by Gasteiger charge is 2.36. The van der Waals surface area contributed by atoms with Gasteiger partial charge in [0.05, 0.1) is 12.8 Å². The molecule has 1 N–H and O–H groups in total. The van der Waals surface area contributed by atoms with E-state index in [1.54, 1.807) is 42.5 Å². The predicted molar refractivity (Wildman–Crippen MR) is 131 cm³/mol. The topological polar surface area (TPSA) is 94.2 Å². The number of carbonyl (C=O) groups excluding carboxylic acids is 3. The molecule has 0 aromatic heterocycles. The first kappa shape index (κ1) is 23.6. The van der Waals surface area contributed by atoms with Crippen LogP contribution >= 0.6 is 0 Å². The van der Waals surface area contributed by atoms with E-state index in [9.17, 15) is 14.4 Å². The fourth-order valence-corrected chi connectivity index (χ4v) is 3.47. The molecular formula is C27H24N2O6. The monoisotopic (exact) mass is 472 g/mol. The fraction of sp³-hybridized carbons (Fsp3) is 0.148. The number of rotatable bonds is 8. The molecule has 8 nitrogen and oxygen atoms in total. The van der Waals surface area contributed by atoms with Gasteiger partial charge >= 0.3 is 6.03 Å². The molecule has 1 fully saturated rings. The molecule has 178 valence electrons. The average Bonchev–Trinajstić information content (AvgIpc) is 2.86. The van der Waals surface area contributed by atoms with Crippen molar-refractivity contribution in [2.75, 3.05) is 25.2 Å². The molecule has 1 aliphatic rings. The smallest absolute Gasteiger partial charge is 0.335 e. The maximum Gasteiger partial charge on any atom is 0.335 e. The molecule has 1 saturated heterocycles. The summed E-state index contributed by atoms with van der Waals surface area (Å²) in [6.45, 7) is 2.53. The van der Waals surface area contributed by atoms with E-state index in [-0.39, 0.29) is 5.57 Å². The van der Waals surface area contributed by atoms with E-state index in [0.29, 0.717) is 36.0 Å². The second-order valence-corrected chi connectivity index (χ2v) is 7.71. The summed E-state index contributed by atoms with van der Waals surface area (Å²) in [7, 11) is 1.50. The number of para-hydroxylation sites is 1. The molecule has 8 heteroatoms. The minimum Gasteiger partial charge on any atom is -0.493 e. The molecule has 1 aliphatic heterocycles. The first-order valence-electron chi connectivity index (χ1n) is 10.9. The van der Waals surface area contributed by atoms with Crippen LogP contribution in [0.1, 0.15) is 11.1 Å². The number of hydrogen-bond donors (Lipinski definition) is 1. The molecule has 0 saturated carbocycles. The highest BCUT2D eigenvalue weighted by atomic mass is 16.5. The molecule has 3 aromatic carbocycles. The molecule has 0 radical (unpaired) electrons. The third-order valence-corrected chi connectivity index (χ3v) is 5.25. The SMILES string of the molecule is COc1cc(/C=C2/C(=O)NC(=O)N(c3ccc(C)cc3)C2=O)ccc1OCCOc1ccccc1. The fourth-order valence-electron chi connectivity index (χ4n) is 3.47. The number of amides is 4. The number of benzene rings is 3. The van der Waals surface area contributed by atoms with Crippen LogP contribution in [0.25, 0.3) is 6.08 Å². The van der Waals surface area contributed by atoms with Crippen LogP contribution in [0.15, 0.2) is 78.4 Å². The highest BCUT2D eigenvalue weighted by molar-refractivity contribution is 6.39. The van der Waals surface area contributed by atoms with Crippen molar-refractivity contribution in [3.63, 3.8) is 0 Å². The summed E-state index contributed by atoms with van der Waals surface area (Å²) >= 11 is 0. The lowest BCUT2D eigenvalue weighted by Gasteiger charge is -2.26. The van der Waals surface area contributed by atoms with Gasteiger partial charge in [-0.2, -0.15) is 0 Å². The number of carbonyl (C=O) groups is 3. The summed E-state index contributed by atoms with van der Waals surface area (Å²) < 4.78 is 16.8. The molecule has 4 amide bonds. The molecule has 35 heavy (non-hydrogen) atoms. The van der Waals surface area contributed by atoms with Gasteiger partial charge in [0.1, 0.15) is 24.5 Å². The minimum atomic E-state index is -0.792. The summed E-state index contributed by atoms with van der Waals surface area (Å²) in [4.78, 5) is 38.8. The van der Waals surface area contributed by atoms with E-state index in [4.69, 9.17) is 14.2 Å². The van der Waals surface area contributed by atoms with Crippen molar-refractivity contribution in [1.29, 1.82) is 0 Å². The summed E-state index contributed by atoms with van der Waals surface area (Å²) in [5.74, 6) is 0.190. The van der Waals surface area contributed by atoms with Gasteiger partial charge in [-0.25, -0.2) is 9.69 Å². The molecule has 3 aromatic rings. The Kier molecular flexibility index (Phi) is 7.11. The van der Waals surface area contributed by atoms with Crippen LogP contribution in [0.5, 0.6) is 17.2 Å². The molecule has 0 spiro atoms. The molecule has 0 unspecified atom stereocenters. The van der Waals surface area contributed by atoms with Gasteiger partial charge in [0, 0.05) is 0 Å². The maximum atomic E-state index is 13.1. The Morgan fingerprint density at radius 3 is 2.29 bits per heavy atom. The molecule has 0 bridgehead atoms. The number of aryl methyl sites for hydroxylation is 1. The summed E-state index contributed by atoms with van der Waals surface area (Å²) in [6.07, 6.45) is 1.41. The van der Waals surface area contributed by atoms with Gasteiger partial charge in [-0.3, -0.25) is 14.9 Å². The van der Waals surface area contributed by atoms with Crippen LogP contribution in [0, 0.1) is 6.92 Å². The Morgan fingerprint density at radius 2 is 1.57 bits per heavy atom. The normalized spacial score (nSPS) is 14.6. The average molecular weight is 472 g/mol. The summed E-state index contributed by atoms with van der Waals surface area (Å²) in [5, 5.41) is 2.22. The number of hydrogen-bond acceptors (Lipinski definition) is 6. The number of nitrogens with one attached hydrogen (secondary N) is 1. The van der Waals surface area contributed by atoms with Crippen LogP contribution in [-0.2, 0) is 9.59 Å². The van der Waals surface area contributed by atoms with E-state index in [1.165, 1.54) is 13.2 Å². The van der Waals surface area contributed by atoms with Crippen molar-refractivity contribution in [2.24, 2.45) is 0 Å². The number of ether oxygens (including phenoxy) is 3. The van der Waals surface area contributed by atoms with Crippen LogP contribution in [0.3, 0.4) is 0 Å². The first-order chi connectivity index (χ1) is 17.0. The third kappa shape index (κ3) is 5.50. The number of urea groups is 1. The molecule has 4 rings (SSSR count). The van der Waals surface area contributed by atoms with Gasteiger partial charge in [-0.05, 0) is 55.0 Å². The van der Waals surface area contributed by atoms with Crippen molar-refractivity contribution in [2.45, 2.75) is 6.92 Å². The Labute approximate surface area is 202 Å². The van der Waals surface area contributed by atoms with Crippen LogP contribution in [0.2, 0.25) is 0 Å². The highest BCUT2D eigenvalue weighted by Crippen LogP contribution is 2.30. The lowest BCUT2D eigenvalue weighted by Crippen LogP contribution is -2.54. The number of nitrogens with zero attached hydrogens (tertiary/aromatic N) is 1. The van der Waals surface area contributed by atoms with Crippen LogP contribution in [0.4, 0.5) is 10.5 Å². The number of anilines is 1. The van der Waals surface area contributed by atoms with Gasteiger partial charge in [-0.15, -0.1) is 0 Å². The Balaban J connectivity index is 1.49. The molecule has 0 aliphatic carbocycles. The number of barbiturate groups is 1. The third-order valence-electron chi connectivity index (χ3n) is 5.25. The number of imide groups is 2. The van der Waals surface area contributed by atoms with Gasteiger partial charge in [0.25, 0.3) is 11.8 Å². The Hall–Kier alpha value is -4.59. The lowest BCUT2D eigenvalue weighted by molar-refractivity contribution is -0.122. The summed E-state index contributed by atoms with van der Waals surface area (Å²) in [5.41, 5.74) is 1.71. The van der Waals surface area contributed by atoms with Gasteiger partial charge < -0.3 is 14.2 Å². The van der Waals surface area contributed by atoms with Crippen molar-refractivity contribution in [1.82, 2.24) is 5.32 Å². The first-order valence-corrected chi connectivity index (χ1v) is 10.9. The van der Waals surface area contributed by atoms with Crippen molar-refractivity contribution in [3.05, 3.63) is 89.5 Å². The van der Waals surface area contributed by atoms with E-state index in [0.717, 1.165) is 16.2 Å². The maximum absolute atomic E-state index is 13.1. The lowest BCUT2D eigenvalue weighted by atomic mass is 10.1.